The van der Waals surface area contributed by atoms with Crippen molar-refractivity contribution in [2.24, 2.45) is 0 Å². The molecule has 0 fully saturated rings. The summed E-state index contributed by atoms with van der Waals surface area (Å²) in [6.07, 6.45) is -5.27. The lowest BCUT2D eigenvalue weighted by atomic mass is 10.0. The van der Waals surface area contributed by atoms with Gasteiger partial charge in [0.1, 0.15) is 11.9 Å². The Morgan fingerprint density at radius 1 is 1.39 bits per heavy atom. The van der Waals surface area contributed by atoms with Crippen LogP contribution in [0.2, 0.25) is 0 Å². The molecule has 2 unspecified atom stereocenters. The third kappa shape index (κ3) is 7.50. The summed E-state index contributed by atoms with van der Waals surface area (Å²) in [4.78, 5) is 16.4. The van der Waals surface area contributed by atoms with Crippen LogP contribution in [0.4, 0.5) is 13.2 Å². The van der Waals surface area contributed by atoms with E-state index < -0.39 is 17.3 Å². The molecule has 168 valence electrons. The van der Waals surface area contributed by atoms with E-state index in [0.29, 0.717) is 23.5 Å². The van der Waals surface area contributed by atoms with Crippen LogP contribution in [0.3, 0.4) is 0 Å². The zero-order valence-corrected chi connectivity index (χ0v) is 17.8. The van der Waals surface area contributed by atoms with Crippen LogP contribution in [0.5, 0.6) is 5.75 Å². The molecule has 0 aliphatic heterocycles. The lowest BCUT2D eigenvalue weighted by Crippen LogP contribution is -2.38. The molecular formula is C20H23F3N4O3S. The number of likely N-dealkylation sites (N-methyl/N-ethyl adjacent to an activating group) is 1. The summed E-state index contributed by atoms with van der Waals surface area (Å²) in [5.74, 6) is 0.291. The molecule has 1 aromatic heterocycles. The van der Waals surface area contributed by atoms with Crippen LogP contribution in [0.1, 0.15) is 29.3 Å². The minimum absolute atomic E-state index is 0.00180. The van der Waals surface area contributed by atoms with Crippen LogP contribution < -0.4 is 10.1 Å². The number of nitrogens with zero attached hydrogens (tertiary/aromatic N) is 3. The number of hydrogen-bond donors (Lipinski definition) is 2. The van der Waals surface area contributed by atoms with Crippen molar-refractivity contribution in [2.75, 3.05) is 26.7 Å². The van der Waals surface area contributed by atoms with E-state index in [0.717, 1.165) is 5.56 Å². The second-order valence-electron chi connectivity index (χ2n) is 6.84. The van der Waals surface area contributed by atoms with E-state index in [1.54, 1.807) is 17.0 Å². The Labute approximate surface area is 182 Å². The number of carbonyl (C=O) groups is 1. The number of nitriles is 1. The molecule has 2 N–H and O–H groups in total. The summed E-state index contributed by atoms with van der Waals surface area (Å²) in [6.45, 7) is 1.75. The molecule has 0 aliphatic rings. The van der Waals surface area contributed by atoms with Gasteiger partial charge in [0.2, 0.25) is 0 Å². The maximum atomic E-state index is 12.7. The summed E-state index contributed by atoms with van der Waals surface area (Å²) in [5.41, 5.74) is 0.871. The highest BCUT2D eigenvalue weighted by Crippen LogP contribution is 2.33. The smallest absolute Gasteiger partial charge is 0.443 e. The Hall–Kier alpha value is -2.68. The zero-order valence-electron chi connectivity index (χ0n) is 17.0. The molecule has 0 radical (unpaired) electrons. The van der Waals surface area contributed by atoms with E-state index in [1.807, 2.05) is 25.1 Å². The van der Waals surface area contributed by atoms with Gasteiger partial charge in [-0.1, -0.05) is 12.1 Å². The summed E-state index contributed by atoms with van der Waals surface area (Å²) in [7, 11) is 1.52. The van der Waals surface area contributed by atoms with Crippen molar-refractivity contribution in [1.82, 2.24) is 15.2 Å². The SMILES string of the molecule is CNC(=O)COc1ccc(CC(C)N(CC#N)CC(O)c2csc(C(F)(F)F)n2)cc1. The van der Waals surface area contributed by atoms with Crippen molar-refractivity contribution in [2.45, 2.75) is 31.7 Å². The van der Waals surface area contributed by atoms with E-state index >= 15 is 0 Å². The van der Waals surface area contributed by atoms with Crippen molar-refractivity contribution in [3.63, 3.8) is 0 Å². The number of nitrogens with one attached hydrogen (secondary N) is 1. The van der Waals surface area contributed by atoms with Crippen LogP contribution in [0.15, 0.2) is 29.6 Å². The number of aliphatic hydroxyl groups excluding tert-OH is 1. The Morgan fingerprint density at radius 3 is 2.61 bits per heavy atom. The van der Waals surface area contributed by atoms with Gasteiger partial charge in [0.25, 0.3) is 5.91 Å². The molecular weight excluding hydrogens is 433 g/mol. The largest absolute Gasteiger partial charge is 0.484 e. The zero-order chi connectivity index (χ0) is 23.0. The molecule has 31 heavy (non-hydrogen) atoms. The molecule has 2 rings (SSSR count). The first kappa shape index (κ1) is 24.6. The first-order chi connectivity index (χ1) is 14.6. The fourth-order valence-corrected chi connectivity index (χ4v) is 3.52. The van der Waals surface area contributed by atoms with Crippen LogP contribution in [-0.2, 0) is 17.4 Å². The Balaban J connectivity index is 1.98. The lowest BCUT2D eigenvalue weighted by Gasteiger charge is -2.28. The minimum Gasteiger partial charge on any atom is -0.484 e. The van der Waals surface area contributed by atoms with Crippen LogP contribution in [0.25, 0.3) is 0 Å². The van der Waals surface area contributed by atoms with Gasteiger partial charge in [-0.2, -0.15) is 18.4 Å². The molecule has 1 aromatic carbocycles. The van der Waals surface area contributed by atoms with E-state index in [1.165, 1.54) is 12.4 Å². The van der Waals surface area contributed by atoms with Gasteiger partial charge in [0.15, 0.2) is 11.6 Å². The quantitative estimate of drug-likeness (QED) is 0.534. The Morgan fingerprint density at radius 2 is 2.06 bits per heavy atom. The number of thiazole rings is 1. The molecule has 2 atom stereocenters. The first-order valence-electron chi connectivity index (χ1n) is 9.38. The van der Waals surface area contributed by atoms with Crippen molar-refractivity contribution >= 4 is 17.2 Å². The number of halogens is 3. The van der Waals surface area contributed by atoms with E-state index in [2.05, 4.69) is 10.3 Å². The number of aromatic nitrogens is 1. The van der Waals surface area contributed by atoms with Gasteiger partial charge in [-0.15, -0.1) is 11.3 Å². The maximum Gasteiger partial charge on any atom is 0.443 e. The van der Waals surface area contributed by atoms with Crippen molar-refractivity contribution in [1.29, 1.82) is 5.26 Å². The monoisotopic (exact) mass is 456 g/mol. The maximum absolute atomic E-state index is 12.7. The normalized spacial score (nSPS) is 13.5. The average Bonchev–Trinajstić information content (AvgIpc) is 3.23. The van der Waals surface area contributed by atoms with Gasteiger partial charge in [-0.25, -0.2) is 4.98 Å². The predicted molar refractivity (Wildman–Crippen MR) is 108 cm³/mol. The van der Waals surface area contributed by atoms with Crippen LogP contribution >= 0.6 is 11.3 Å². The number of alkyl halides is 3. The van der Waals surface area contributed by atoms with Crippen molar-refractivity contribution in [3.05, 3.63) is 45.9 Å². The van der Waals surface area contributed by atoms with Gasteiger partial charge in [0.05, 0.1) is 18.3 Å². The Kier molecular flexibility index (Phi) is 8.79. The van der Waals surface area contributed by atoms with Gasteiger partial charge in [-0.05, 0) is 31.0 Å². The second-order valence-corrected chi connectivity index (χ2v) is 7.70. The molecule has 0 spiro atoms. The molecule has 0 saturated heterocycles. The number of rotatable bonds is 10. The molecule has 1 heterocycles. The first-order valence-corrected chi connectivity index (χ1v) is 10.3. The second kappa shape index (κ2) is 11.1. The number of benzene rings is 1. The summed E-state index contributed by atoms with van der Waals surface area (Å²) < 4.78 is 43.6. The number of hydrogen-bond acceptors (Lipinski definition) is 7. The molecule has 1 amide bonds. The van der Waals surface area contributed by atoms with Gasteiger partial charge in [-0.3, -0.25) is 9.69 Å². The van der Waals surface area contributed by atoms with Gasteiger partial charge < -0.3 is 15.2 Å². The van der Waals surface area contributed by atoms with E-state index in [-0.39, 0.29) is 37.3 Å². The van der Waals surface area contributed by atoms with Gasteiger partial charge in [0, 0.05) is 25.0 Å². The van der Waals surface area contributed by atoms with E-state index in [4.69, 9.17) is 10.00 Å². The number of ether oxygens (including phenoxy) is 1. The topological polar surface area (TPSA) is 98.5 Å². The highest BCUT2D eigenvalue weighted by molar-refractivity contribution is 7.09. The molecule has 11 heteroatoms. The summed E-state index contributed by atoms with van der Waals surface area (Å²) in [6, 6.07) is 8.95. The number of carbonyl (C=O) groups excluding carboxylic acids is 1. The third-order valence-corrected chi connectivity index (χ3v) is 5.42. The fraction of sp³-hybridized carbons (Fsp3) is 0.450. The van der Waals surface area contributed by atoms with Gasteiger partial charge >= 0.3 is 6.18 Å². The molecule has 0 aliphatic carbocycles. The van der Waals surface area contributed by atoms with Crippen molar-refractivity contribution in [3.8, 4) is 11.8 Å². The standard InChI is InChI=1S/C20H23F3N4O3S/c1-13(9-14-3-5-15(6-4-14)30-11-18(29)25-2)27(8-7-24)10-17(28)16-12-31-19(26-16)20(21,22)23/h3-6,12-13,17,28H,8-11H2,1-2H3,(H,25,29). The fourth-order valence-electron chi connectivity index (χ4n) is 2.79. The summed E-state index contributed by atoms with van der Waals surface area (Å²) >= 11 is 0.428. The lowest BCUT2D eigenvalue weighted by molar-refractivity contribution is -0.137. The molecule has 2 aromatic rings. The number of aliphatic hydroxyl groups is 1. The van der Waals surface area contributed by atoms with Crippen molar-refractivity contribution < 1.29 is 27.8 Å². The summed E-state index contributed by atoms with van der Waals surface area (Å²) in [5, 5.41) is 22.1. The Bertz CT molecular complexity index is 896. The average molecular weight is 456 g/mol. The van der Waals surface area contributed by atoms with Crippen LogP contribution in [-0.4, -0.2) is 53.7 Å². The third-order valence-electron chi connectivity index (χ3n) is 4.51. The minimum atomic E-state index is -4.56. The highest BCUT2D eigenvalue weighted by atomic mass is 32.1. The highest BCUT2D eigenvalue weighted by Gasteiger charge is 2.35. The van der Waals surface area contributed by atoms with Crippen LogP contribution in [0, 0.1) is 11.3 Å². The van der Waals surface area contributed by atoms with E-state index in [9.17, 15) is 23.1 Å². The molecule has 0 saturated carbocycles. The number of amides is 1. The molecule has 0 bridgehead atoms. The molecule has 7 nitrogen and oxygen atoms in total. The predicted octanol–water partition coefficient (Wildman–Crippen LogP) is 2.78.